The van der Waals surface area contributed by atoms with E-state index in [1.807, 2.05) is 0 Å². The maximum absolute atomic E-state index is 14.4. The molecule has 1 fully saturated rings. The minimum Gasteiger partial charge on any atom is -0.454 e. The van der Waals surface area contributed by atoms with Crippen molar-refractivity contribution in [3.63, 3.8) is 0 Å². The van der Waals surface area contributed by atoms with Crippen LogP contribution >= 0.6 is 0 Å². The molecule has 5 heteroatoms. The number of fused-ring (bicyclic) bond motifs is 1. The van der Waals surface area contributed by atoms with Crippen molar-refractivity contribution >= 4 is 0 Å². The van der Waals surface area contributed by atoms with Crippen LogP contribution in [0.2, 0.25) is 0 Å². The molecule has 3 rings (SSSR count). The van der Waals surface area contributed by atoms with Crippen LogP contribution in [0.3, 0.4) is 0 Å². The maximum Gasteiger partial charge on any atom is 0.273 e. The molecule has 0 amide bonds. The van der Waals surface area contributed by atoms with Gasteiger partial charge < -0.3 is 14.8 Å². The van der Waals surface area contributed by atoms with Gasteiger partial charge in [-0.3, -0.25) is 0 Å². The molecule has 2 heterocycles. The summed E-state index contributed by atoms with van der Waals surface area (Å²) < 4.78 is 39.2. The zero-order valence-electron chi connectivity index (χ0n) is 10.8. The highest BCUT2D eigenvalue weighted by atomic mass is 19.3. The summed E-state index contributed by atoms with van der Waals surface area (Å²) in [6.07, 6.45) is 0.708. The molecular formula is C14H17F2NO2. The molecule has 0 radical (unpaired) electrons. The maximum atomic E-state index is 14.4. The van der Waals surface area contributed by atoms with Crippen molar-refractivity contribution in [3.05, 3.63) is 23.3 Å². The fraction of sp³-hybridized carbons (Fsp3) is 0.571. The van der Waals surface area contributed by atoms with E-state index in [1.165, 1.54) is 6.07 Å². The highest BCUT2D eigenvalue weighted by Crippen LogP contribution is 2.43. The van der Waals surface area contributed by atoms with Gasteiger partial charge in [-0.25, -0.2) is 8.78 Å². The Hall–Kier alpha value is -1.36. The lowest BCUT2D eigenvalue weighted by molar-refractivity contribution is -0.0275. The second kappa shape index (κ2) is 4.63. The van der Waals surface area contributed by atoms with Gasteiger partial charge in [0.1, 0.15) is 0 Å². The zero-order chi connectivity index (χ0) is 13.5. The number of alkyl halides is 2. The van der Waals surface area contributed by atoms with Crippen LogP contribution in [0.4, 0.5) is 8.78 Å². The van der Waals surface area contributed by atoms with Crippen LogP contribution in [0.1, 0.15) is 24.0 Å². The van der Waals surface area contributed by atoms with Gasteiger partial charge in [0.2, 0.25) is 6.79 Å². The number of ether oxygens (including phenoxy) is 2. The van der Waals surface area contributed by atoms with E-state index in [-0.39, 0.29) is 24.7 Å². The summed E-state index contributed by atoms with van der Waals surface area (Å²) in [5, 5.41) is 3.12. The average molecular weight is 269 g/mol. The van der Waals surface area contributed by atoms with E-state index in [0.717, 1.165) is 13.0 Å². The lowest BCUT2D eigenvalue weighted by Gasteiger charge is -2.22. The molecule has 0 saturated carbocycles. The summed E-state index contributed by atoms with van der Waals surface area (Å²) in [5.41, 5.74) is 0.615. The van der Waals surface area contributed by atoms with E-state index in [1.54, 1.807) is 13.0 Å². The van der Waals surface area contributed by atoms with Crippen LogP contribution in [-0.4, -0.2) is 19.9 Å². The largest absolute Gasteiger partial charge is 0.454 e. The number of nitrogens with one attached hydrogen (secondary N) is 1. The van der Waals surface area contributed by atoms with E-state index >= 15 is 0 Å². The van der Waals surface area contributed by atoms with Crippen LogP contribution < -0.4 is 14.8 Å². The van der Waals surface area contributed by atoms with Crippen LogP contribution in [0.15, 0.2) is 12.1 Å². The molecule has 0 spiro atoms. The number of aryl methyl sites for hydroxylation is 1. The predicted octanol–water partition coefficient (Wildman–Crippen LogP) is 2.82. The topological polar surface area (TPSA) is 30.5 Å². The summed E-state index contributed by atoms with van der Waals surface area (Å²) in [7, 11) is 0. The standard InChI is InChI=1S/C14H17F2NO2/c1-9-4-12-13(19-8-18-12)5-11(9)14(15,16)6-10-2-3-17-7-10/h4-5,10,17H,2-3,6-8H2,1H3. The van der Waals surface area contributed by atoms with Gasteiger partial charge in [-0.1, -0.05) is 0 Å². The van der Waals surface area contributed by atoms with Crippen molar-refractivity contribution in [3.8, 4) is 11.5 Å². The molecule has 19 heavy (non-hydrogen) atoms. The Labute approximate surface area is 110 Å². The van der Waals surface area contributed by atoms with Gasteiger partial charge in [0.05, 0.1) is 0 Å². The zero-order valence-corrected chi connectivity index (χ0v) is 10.8. The third-order valence-corrected chi connectivity index (χ3v) is 3.82. The Morgan fingerprint density at radius 3 is 2.74 bits per heavy atom. The van der Waals surface area contributed by atoms with E-state index in [0.29, 0.717) is 23.6 Å². The molecule has 0 bridgehead atoms. The van der Waals surface area contributed by atoms with Gasteiger partial charge in [-0.2, -0.15) is 0 Å². The number of hydrogen-bond acceptors (Lipinski definition) is 3. The summed E-state index contributed by atoms with van der Waals surface area (Å²) in [6, 6.07) is 3.07. The lowest BCUT2D eigenvalue weighted by atomic mass is 9.92. The van der Waals surface area contributed by atoms with Crippen LogP contribution in [-0.2, 0) is 5.92 Å². The second-order valence-electron chi connectivity index (χ2n) is 5.29. The number of benzene rings is 1. The van der Waals surface area contributed by atoms with Gasteiger partial charge in [0.25, 0.3) is 5.92 Å². The molecule has 1 aromatic carbocycles. The summed E-state index contributed by atoms with van der Waals surface area (Å²) in [5.74, 6) is -1.80. The predicted molar refractivity (Wildman–Crippen MR) is 66.8 cm³/mol. The van der Waals surface area contributed by atoms with E-state index in [4.69, 9.17) is 9.47 Å². The third-order valence-electron chi connectivity index (χ3n) is 3.82. The Morgan fingerprint density at radius 2 is 2.05 bits per heavy atom. The molecular weight excluding hydrogens is 252 g/mol. The van der Waals surface area contributed by atoms with Crippen molar-refractivity contribution in [2.24, 2.45) is 5.92 Å². The molecule has 1 aromatic rings. The minimum atomic E-state index is -2.82. The highest BCUT2D eigenvalue weighted by Gasteiger charge is 2.38. The molecule has 104 valence electrons. The van der Waals surface area contributed by atoms with Gasteiger partial charge in [0, 0.05) is 12.0 Å². The van der Waals surface area contributed by atoms with Crippen molar-refractivity contribution in [1.82, 2.24) is 5.32 Å². The molecule has 0 aromatic heterocycles. The highest BCUT2D eigenvalue weighted by molar-refractivity contribution is 5.49. The molecule has 2 aliphatic rings. The van der Waals surface area contributed by atoms with E-state index < -0.39 is 5.92 Å². The smallest absolute Gasteiger partial charge is 0.273 e. The van der Waals surface area contributed by atoms with Gasteiger partial charge in [-0.15, -0.1) is 0 Å². The normalized spacial score (nSPS) is 21.9. The number of rotatable bonds is 3. The average Bonchev–Trinajstić information content (AvgIpc) is 2.97. The molecule has 3 nitrogen and oxygen atoms in total. The number of halogens is 2. The van der Waals surface area contributed by atoms with Crippen LogP contribution in [0, 0.1) is 12.8 Å². The molecule has 1 unspecified atom stereocenters. The van der Waals surface area contributed by atoms with Crippen LogP contribution in [0.5, 0.6) is 11.5 Å². The van der Waals surface area contributed by atoms with Crippen molar-refractivity contribution in [2.75, 3.05) is 19.9 Å². The minimum absolute atomic E-state index is 0.0415. The Kier molecular flexibility index (Phi) is 3.09. The van der Waals surface area contributed by atoms with E-state index in [9.17, 15) is 8.78 Å². The molecule has 0 aliphatic carbocycles. The lowest BCUT2D eigenvalue weighted by Crippen LogP contribution is -2.21. The van der Waals surface area contributed by atoms with Crippen molar-refractivity contribution in [2.45, 2.75) is 25.7 Å². The first-order chi connectivity index (χ1) is 9.06. The SMILES string of the molecule is Cc1cc2c(cc1C(F)(F)CC1CCNC1)OCO2. The summed E-state index contributed by atoms with van der Waals surface area (Å²) in [4.78, 5) is 0. The fourth-order valence-corrected chi connectivity index (χ4v) is 2.80. The van der Waals surface area contributed by atoms with Gasteiger partial charge in [0.15, 0.2) is 11.5 Å². The van der Waals surface area contributed by atoms with Gasteiger partial charge >= 0.3 is 0 Å². The van der Waals surface area contributed by atoms with Gasteiger partial charge in [-0.05, 0) is 50.0 Å². The molecule has 1 saturated heterocycles. The Balaban J connectivity index is 1.87. The molecule has 1 atom stereocenters. The Morgan fingerprint density at radius 1 is 1.32 bits per heavy atom. The first-order valence-corrected chi connectivity index (χ1v) is 6.55. The summed E-state index contributed by atoms with van der Waals surface area (Å²) in [6.45, 7) is 3.31. The third kappa shape index (κ3) is 2.39. The first-order valence-electron chi connectivity index (χ1n) is 6.55. The Bertz CT molecular complexity index is 485. The quantitative estimate of drug-likeness (QED) is 0.915. The monoisotopic (exact) mass is 269 g/mol. The molecule has 2 aliphatic heterocycles. The molecule has 1 N–H and O–H groups in total. The second-order valence-corrected chi connectivity index (χ2v) is 5.29. The fourth-order valence-electron chi connectivity index (χ4n) is 2.80. The van der Waals surface area contributed by atoms with Crippen molar-refractivity contribution in [1.29, 1.82) is 0 Å². The number of hydrogen-bond donors (Lipinski definition) is 1. The van der Waals surface area contributed by atoms with Crippen molar-refractivity contribution < 1.29 is 18.3 Å². The first kappa shape index (κ1) is 12.7. The van der Waals surface area contributed by atoms with E-state index in [2.05, 4.69) is 5.32 Å². The summed E-state index contributed by atoms with van der Waals surface area (Å²) >= 11 is 0. The van der Waals surface area contributed by atoms with Crippen LogP contribution in [0.25, 0.3) is 0 Å².